The van der Waals surface area contributed by atoms with Crippen molar-refractivity contribution in [3.63, 3.8) is 0 Å². The molecule has 0 unspecified atom stereocenters. The summed E-state index contributed by atoms with van der Waals surface area (Å²) in [4.78, 5) is 10.7. The van der Waals surface area contributed by atoms with Crippen LogP contribution in [0.5, 0.6) is 0 Å². The Bertz CT molecular complexity index is 221. The van der Waals surface area contributed by atoms with E-state index in [-0.39, 0.29) is 20.0 Å². The third-order valence-corrected chi connectivity index (χ3v) is 3.40. The van der Waals surface area contributed by atoms with E-state index < -0.39 is 0 Å². The molecule has 0 bridgehead atoms. The van der Waals surface area contributed by atoms with E-state index in [1.807, 2.05) is 0 Å². The largest absolute Gasteiger partial charge is 0.368 e. The van der Waals surface area contributed by atoms with Crippen molar-refractivity contribution in [2.45, 2.75) is 46.1 Å². The molecule has 3 heteroatoms. The predicted octanol–water partition coefficient (Wildman–Crippen LogP) is 2.20. The van der Waals surface area contributed by atoms with Crippen LogP contribution < -0.4 is 5.73 Å². The number of ether oxygens (including phenoxy) is 1. The maximum atomic E-state index is 10.7. The number of hydrogen-bond donors (Lipinski definition) is 1. The monoisotopic (exact) mass is 215 g/mol. The first kappa shape index (κ1) is 12.5. The fraction of sp³-hybridized carbons (Fsp3) is 0.917. The number of rotatable bonds is 4. The van der Waals surface area contributed by atoms with E-state index in [0.717, 1.165) is 6.42 Å². The Hall–Kier alpha value is -0.570. The van der Waals surface area contributed by atoms with Gasteiger partial charge in [-0.25, -0.2) is 0 Å². The molecule has 1 fully saturated rings. The molecule has 3 nitrogen and oxygen atoms in total. The lowest BCUT2D eigenvalue weighted by atomic mass is 9.75. The molecule has 0 radical (unpaired) electrons. The molecule has 90 valence electrons. The van der Waals surface area contributed by atoms with Gasteiger partial charge in [-0.3, -0.25) is 4.79 Å². The molecule has 0 heterocycles. The van der Waals surface area contributed by atoms with E-state index in [2.05, 4.69) is 20.8 Å². The minimum atomic E-state index is -0.365. The zero-order chi connectivity index (χ0) is 11.4. The van der Waals surface area contributed by atoms with Gasteiger partial charge in [0.05, 0.1) is 6.10 Å². The highest BCUT2D eigenvalue weighted by Gasteiger charge is 2.31. The average Bonchev–Trinajstić information content (AvgIpc) is 2.14. The zero-order valence-corrected chi connectivity index (χ0v) is 10.0. The van der Waals surface area contributed by atoms with E-state index in [9.17, 15) is 4.79 Å². The summed E-state index contributed by atoms with van der Waals surface area (Å²) >= 11 is 0. The molecule has 1 amide bonds. The van der Waals surface area contributed by atoms with E-state index in [0.29, 0.717) is 17.8 Å². The van der Waals surface area contributed by atoms with Gasteiger partial charge in [0.1, 0.15) is 6.61 Å². The van der Waals surface area contributed by atoms with Crippen LogP contribution in [-0.4, -0.2) is 18.6 Å². The molecule has 1 aliphatic rings. The fourth-order valence-electron chi connectivity index (χ4n) is 2.50. The quantitative estimate of drug-likeness (QED) is 0.781. The number of hydrogen-bond acceptors (Lipinski definition) is 2. The molecular formula is C12H25NO2. The predicted molar refractivity (Wildman–Crippen MR) is 62.4 cm³/mol. The third kappa shape index (κ3) is 3.82. The first-order chi connectivity index (χ1) is 7.00. The number of nitrogens with two attached hydrogens (primary N) is 1. The number of carbonyl (C=O) groups excluding carboxylic acids is 1. The minimum absolute atomic E-state index is 0. The molecular weight excluding hydrogens is 190 g/mol. The molecule has 0 aliphatic heterocycles. The van der Waals surface area contributed by atoms with Crippen LogP contribution >= 0.6 is 0 Å². The van der Waals surface area contributed by atoms with Gasteiger partial charge in [-0.1, -0.05) is 27.2 Å². The van der Waals surface area contributed by atoms with E-state index in [1.165, 1.54) is 12.8 Å². The molecule has 1 rings (SSSR count). The lowest BCUT2D eigenvalue weighted by Gasteiger charge is -2.36. The Morgan fingerprint density at radius 2 is 2.20 bits per heavy atom. The lowest BCUT2D eigenvalue weighted by molar-refractivity contribution is -0.128. The Labute approximate surface area is 93.8 Å². The topological polar surface area (TPSA) is 52.3 Å². The van der Waals surface area contributed by atoms with Crippen LogP contribution in [0.4, 0.5) is 0 Å². The van der Waals surface area contributed by atoms with Crippen molar-refractivity contribution in [1.29, 1.82) is 0 Å². The first-order valence-electron chi connectivity index (χ1n) is 5.90. The minimum Gasteiger partial charge on any atom is -0.368 e. The molecule has 0 aromatic rings. The lowest BCUT2D eigenvalue weighted by Crippen LogP contribution is -2.36. The van der Waals surface area contributed by atoms with Gasteiger partial charge in [0.2, 0.25) is 5.91 Å². The van der Waals surface area contributed by atoms with Gasteiger partial charge in [-0.2, -0.15) is 0 Å². The summed E-state index contributed by atoms with van der Waals surface area (Å²) in [6.07, 6.45) is 3.78. The van der Waals surface area contributed by atoms with Crippen LogP contribution in [0.1, 0.15) is 41.5 Å². The van der Waals surface area contributed by atoms with Gasteiger partial charge in [0.15, 0.2) is 0 Å². The summed E-state index contributed by atoms with van der Waals surface area (Å²) in [6, 6.07) is 0. The van der Waals surface area contributed by atoms with Crippen molar-refractivity contribution >= 4 is 5.91 Å². The van der Waals surface area contributed by atoms with Gasteiger partial charge in [-0.15, -0.1) is 0 Å². The smallest absolute Gasteiger partial charge is 0.243 e. The van der Waals surface area contributed by atoms with Crippen molar-refractivity contribution in [2.24, 2.45) is 23.5 Å². The van der Waals surface area contributed by atoms with E-state index >= 15 is 0 Å². The SMILES string of the molecule is CC(C)[C@@H]1CC[C@@H](C)C[C@H]1OCC(N)=O.[HH]. The standard InChI is InChI=1S/C12H23NO2.H2/c1-8(2)10-5-4-9(3)6-11(10)15-7-12(13)14;/h8-11H,4-7H2,1-3H3,(H2,13,14);1H/t9-,10+,11-;/m1./s1. The van der Waals surface area contributed by atoms with Gasteiger partial charge in [0, 0.05) is 1.43 Å². The summed E-state index contributed by atoms with van der Waals surface area (Å²) in [5.74, 6) is 1.55. The zero-order valence-electron chi connectivity index (χ0n) is 10.0. The average molecular weight is 215 g/mol. The normalized spacial score (nSPS) is 31.9. The number of amides is 1. The van der Waals surface area contributed by atoms with Crippen molar-refractivity contribution in [2.75, 3.05) is 6.61 Å². The van der Waals surface area contributed by atoms with Crippen molar-refractivity contribution in [3.05, 3.63) is 0 Å². The molecule has 0 aromatic heterocycles. The van der Waals surface area contributed by atoms with Crippen molar-refractivity contribution < 1.29 is 11.0 Å². The second-order valence-electron chi connectivity index (χ2n) is 5.14. The Kier molecular flexibility index (Phi) is 4.58. The summed E-state index contributed by atoms with van der Waals surface area (Å²) < 4.78 is 5.61. The maximum Gasteiger partial charge on any atom is 0.243 e. The third-order valence-electron chi connectivity index (χ3n) is 3.40. The van der Waals surface area contributed by atoms with Gasteiger partial charge in [0.25, 0.3) is 0 Å². The molecule has 15 heavy (non-hydrogen) atoms. The molecule has 0 aromatic carbocycles. The van der Waals surface area contributed by atoms with Gasteiger partial charge >= 0.3 is 0 Å². The molecule has 1 aliphatic carbocycles. The second kappa shape index (κ2) is 5.50. The first-order valence-corrected chi connectivity index (χ1v) is 5.90. The van der Waals surface area contributed by atoms with E-state index in [1.54, 1.807) is 0 Å². The summed E-state index contributed by atoms with van der Waals surface area (Å²) in [5.41, 5.74) is 5.10. The van der Waals surface area contributed by atoms with Crippen molar-refractivity contribution in [3.8, 4) is 0 Å². The van der Waals surface area contributed by atoms with Crippen molar-refractivity contribution in [1.82, 2.24) is 0 Å². The molecule has 1 saturated carbocycles. The second-order valence-corrected chi connectivity index (χ2v) is 5.14. The van der Waals surface area contributed by atoms with Crippen LogP contribution in [0.2, 0.25) is 0 Å². The highest BCUT2D eigenvalue weighted by atomic mass is 16.5. The van der Waals surface area contributed by atoms with E-state index in [4.69, 9.17) is 10.5 Å². The highest BCUT2D eigenvalue weighted by Crippen LogP contribution is 2.35. The summed E-state index contributed by atoms with van der Waals surface area (Å²) in [6.45, 7) is 6.76. The molecule has 3 atom stereocenters. The Balaban J connectivity index is 0.00000225. The van der Waals surface area contributed by atoms with Gasteiger partial charge in [-0.05, 0) is 30.6 Å². The van der Waals surface area contributed by atoms with Crippen LogP contribution in [-0.2, 0) is 9.53 Å². The van der Waals surface area contributed by atoms with Crippen LogP contribution in [0.15, 0.2) is 0 Å². The molecule has 2 N–H and O–H groups in total. The highest BCUT2D eigenvalue weighted by molar-refractivity contribution is 5.75. The van der Waals surface area contributed by atoms with Crippen LogP contribution in [0, 0.1) is 17.8 Å². The van der Waals surface area contributed by atoms with Crippen LogP contribution in [0.25, 0.3) is 0 Å². The number of carbonyl (C=O) groups is 1. The number of primary amides is 1. The Morgan fingerprint density at radius 3 is 2.73 bits per heavy atom. The van der Waals surface area contributed by atoms with Gasteiger partial charge < -0.3 is 10.5 Å². The fourth-order valence-corrected chi connectivity index (χ4v) is 2.50. The molecule has 0 saturated heterocycles. The Morgan fingerprint density at radius 1 is 1.53 bits per heavy atom. The van der Waals surface area contributed by atoms with Crippen LogP contribution in [0.3, 0.4) is 0 Å². The molecule has 0 spiro atoms. The summed E-state index contributed by atoms with van der Waals surface area (Å²) in [5, 5.41) is 0. The maximum absolute atomic E-state index is 10.7. The summed E-state index contributed by atoms with van der Waals surface area (Å²) in [7, 11) is 0.